The summed E-state index contributed by atoms with van der Waals surface area (Å²) in [7, 11) is -3.63. The van der Waals surface area contributed by atoms with E-state index in [1.54, 1.807) is 49.5 Å². The third-order valence-corrected chi connectivity index (χ3v) is 4.11. The molecule has 2 rings (SSSR count). The van der Waals surface area contributed by atoms with Gasteiger partial charge in [0.05, 0.1) is 10.6 Å². The summed E-state index contributed by atoms with van der Waals surface area (Å²) in [5.74, 6) is 0. The van der Waals surface area contributed by atoms with Crippen molar-refractivity contribution in [1.29, 1.82) is 0 Å². The number of nitrogens with two attached hydrogens (primary N) is 1. The number of pyridine rings is 1. The summed E-state index contributed by atoms with van der Waals surface area (Å²) in [4.78, 5) is 4.22. The Bertz CT molecular complexity index is 684. The molecule has 5 nitrogen and oxygen atoms in total. The smallest absolute Gasteiger partial charge is 0.262 e. The fourth-order valence-electron chi connectivity index (χ4n) is 1.75. The average molecular weight is 277 g/mol. The van der Waals surface area contributed by atoms with Gasteiger partial charge in [-0.1, -0.05) is 18.2 Å². The van der Waals surface area contributed by atoms with Gasteiger partial charge in [-0.2, -0.15) is 0 Å². The van der Waals surface area contributed by atoms with E-state index in [4.69, 9.17) is 5.73 Å². The van der Waals surface area contributed by atoms with Crippen molar-refractivity contribution in [3.05, 3.63) is 53.9 Å². The van der Waals surface area contributed by atoms with Crippen LogP contribution in [-0.2, 0) is 16.6 Å². The second-order valence-corrected chi connectivity index (χ2v) is 5.75. The summed E-state index contributed by atoms with van der Waals surface area (Å²) in [6, 6.07) is 9.95. The van der Waals surface area contributed by atoms with Gasteiger partial charge in [0.25, 0.3) is 10.0 Å². The van der Waals surface area contributed by atoms with Crippen molar-refractivity contribution in [2.75, 3.05) is 4.72 Å². The number of aryl methyl sites for hydroxylation is 1. The molecule has 0 spiro atoms. The van der Waals surface area contributed by atoms with Crippen LogP contribution in [0.3, 0.4) is 0 Å². The number of sulfonamides is 1. The molecule has 3 N–H and O–H groups in total. The highest BCUT2D eigenvalue weighted by molar-refractivity contribution is 7.92. The van der Waals surface area contributed by atoms with E-state index in [-0.39, 0.29) is 11.4 Å². The van der Waals surface area contributed by atoms with Crippen LogP contribution in [0.15, 0.2) is 47.5 Å². The number of hydrogen-bond acceptors (Lipinski definition) is 4. The van der Waals surface area contributed by atoms with Crippen LogP contribution in [-0.4, -0.2) is 13.4 Å². The molecule has 0 radical (unpaired) electrons. The van der Waals surface area contributed by atoms with Crippen molar-refractivity contribution in [3.8, 4) is 0 Å². The van der Waals surface area contributed by atoms with E-state index in [0.29, 0.717) is 11.3 Å². The van der Waals surface area contributed by atoms with Gasteiger partial charge in [-0.25, -0.2) is 8.42 Å². The Labute approximate surface area is 112 Å². The fourth-order valence-corrected chi connectivity index (χ4v) is 3.06. The predicted molar refractivity (Wildman–Crippen MR) is 74.1 cm³/mol. The van der Waals surface area contributed by atoms with E-state index in [2.05, 4.69) is 9.71 Å². The molecule has 0 saturated carbocycles. The Morgan fingerprint density at radius 2 is 2.00 bits per heavy atom. The molecule has 6 heteroatoms. The standard InChI is InChI=1S/C13H15N3O2S/c1-10-8-12(6-7-15-10)16-19(17,18)13-5-3-2-4-11(13)9-14/h2-8H,9,14H2,1H3,(H,15,16). The first-order chi connectivity index (χ1) is 9.03. The summed E-state index contributed by atoms with van der Waals surface area (Å²) in [6.45, 7) is 1.97. The molecule has 0 aliphatic carbocycles. The fraction of sp³-hybridized carbons (Fsp3) is 0.154. The SMILES string of the molecule is Cc1cc(NS(=O)(=O)c2ccccc2CN)ccn1. The van der Waals surface area contributed by atoms with Crippen LogP contribution in [0.2, 0.25) is 0 Å². The number of rotatable bonds is 4. The lowest BCUT2D eigenvalue weighted by molar-refractivity contribution is 0.600. The van der Waals surface area contributed by atoms with Gasteiger partial charge in [0.15, 0.2) is 0 Å². The zero-order chi connectivity index (χ0) is 13.9. The van der Waals surface area contributed by atoms with Crippen LogP contribution in [0.4, 0.5) is 5.69 Å². The van der Waals surface area contributed by atoms with Crippen LogP contribution < -0.4 is 10.5 Å². The average Bonchev–Trinajstić information content (AvgIpc) is 2.38. The molecule has 100 valence electrons. The van der Waals surface area contributed by atoms with E-state index >= 15 is 0 Å². The lowest BCUT2D eigenvalue weighted by atomic mass is 10.2. The maximum atomic E-state index is 12.3. The maximum Gasteiger partial charge on any atom is 0.262 e. The molecule has 0 bridgehead atoms. The minimum atomic E-state index is -3.63. The van der Waals surface area contributed by atoms with Crippen molar-refractivity contribution >= 4 is 15.7 Å². The molecule has 19 heavy (non-hydrogen) atoms. The first-order valence-electron chi connectivity index (χ1n) is 5.76. The van der Waals surface area contributed by atoms with E-state index in [1.165, 1.54) is 0 Å². The van der Waals surface area contributed by atoms with Crippen LogP contribution in [0, 0.1) is 6.92 Å². The first kappa shape index (κ1) is 13.5. The van der Waals surface area contributed by atoms with Gasteiger partial charge in [0.1, 0.15) is 0 Å². The Morgan fingerprint density at radius 3 is 2.68 bits per heavy atom. The maximum absolute atomic E-state index is 12.3. The lowest BCUT2D eigenvalue weighted by Gasteiger charge is -2.11. The van der Waals surface area contributed by atoms with Gasteiger partial charge in [0.2, 0.25) is 0 Å². The summed E-state index contributed by atoms with van der Waals surface area (Å²) in [5.41, 5.74) is 7.38. The lowest BCUT2D eigenvalue weighted by Crippen LogP contribution is -2.16. The molecular weight excluding hydrogens is 262 g/mol. The number of nitrogens with one attached hydrogen (secondary N) is 1. The number of benzene rings is 1. The van der Waals surface area contributed by atoms with Crippen LogP contribution in [0.1, 0.15) is 11.3 Å². The van der Waals surface area contributed by atoms with Crippen molar-refractivity contribution in [3.63, 3.8) is 0 Å². The van der Waals surface area contributed by atoms with E-state index < -0.39 is 10.0 Å². The van der Waals surface area contributed by atoms with E-state index in [1.807, 2.05) is 0 Å². The second-order valence-electron chi connectivity index (χ2n) is 4.10. The third kappa shape index (κ3) is 3.10. The van der Waals surface area contributed by atoms with Crippen molar-refractivity contribution in [2.45, 2.75) is 18.4 Å². The van der Waals surface area contributed by atoms with Crippen molar-refractivity contribution in [2.24, 2.45) is 5.73 Å². The molecule has 0 aliphatic rings. The molecule has 0 atom stereocenters. The van der Waals surface area contributed by atoms with E-state index in [0.717, 1.165) is 5.69 Å². The Kier molecular flexibility index (Phi) is 3.82. The zero-order valence-electron chi connectivity index (χ0n) is 10.5. The minimum absolute atomic E-state index is 0.173. The first-order valence-corrected chi connectivity index (χ1v) is 7.25. The predicted octanol–water partition coefficient (Wildman–Crippen LogP) is 1.65. The normalized spacial score (nSPS) is 11.3. The zero-order valence-corrected chi connectivity index (χ0v) is 11.3. The summed E-state index contributed by atoms with van der Waals surface area (Å²) in [6.07, 6.45) is 1.56. The molecule has 0 fully saturated rings. The number of hydrogen-bond donors (Lipinski definition) is 2. The minimum Gasteiger partial charge on any atom is -0.326 e. The molecule has 0 aliphatic heterocycles. The highest BCUT2D eigenvalue weighted by atomic mass is 32.2. The molecule has 1 heterocycles. The highest BCUT2D eigenvalue weighted by Gasteiger charge is 2.17. The third-order valence-electron chi connectivity index (χ3n) is 2.63. The molecule has 0 unspecified atom stereocenters. The number of aromatic nitrogens is 1. The Morgan fingerprint density at radius 1 is 1.26 bits per heavy atom. The van der Waals surface area contributed by atoms with Gasteiger partial charge >= 0.3 is 0 Å². The monoisotopic (exact) mass is 277 g/mol. The highest BCUT2D eigenvalue weighted by Crippen LogP contribution is 2.19. The van der Waals surface area contributed by atoms with Gasteiger partial charge < -0.3 is 5.73 Å². The summed E-state index contributed by atoms with van der Waals surface area (Å²) in [5, 5.41) is 0. The molecule has 2 aromatic rings. The molecule has 1 aromatic carbocycles. The largest absolute Gasteiger partial charge is 0.326 e. The van der Waals surface area contributed by atoms with Crippen molar-refractivity contribution < 1.29 is 8.42 Å². The van der Waals surface area contributed by atoms with Gasteiger partial charge in [0, 0.05) is 18.4 Å². The molecule has 0 saturated heterocycles. The topological polar surface area (TPSA) is 85.1 Å². The van der Waals surface area contributed by atoms with Crippen LogP contribution in [0.5, 0.6) is 0 Å². The van der Waals surface area contributed by atoms with Gasteiger partial charge in [-0.3, -0.25) is 9.71 Å². The Hall–Kier alpha value is -1.92. The number of anilines is 1. The quantitative estimate of drug-likeness (QED) is 0.889. The van der Waals surface area contributed by atoms with E-state index in [9.17, 15) is 8.42 Å². The molecule has 1 aromatic heterocycles. The van der Waals surface area contributed by atoms with Crippen molar-refractivity contribution in [1.82, 2.24) is 4.98 Å². The molecular formula is C13H15N3O2S. The van der Waals surface area contributed by atoms with Gasteiger partial charge in [-0.15, -0.1) is 0 Å². The second kappa shape index (κ2) is 5.38. The van der Waals surface area contributed by atoms with Crippen LogP contribution >= 0.6 is 0 Å². The Balaban J connectivity index is 2.38. The van der Waals surface area contributed by atoms with Crippen LogP contribution in [0.25, 0.3) is 0 Å². The summed E-state index contributed by atoms with van der Waals surface area (Å²) < 4.78 is 27.1. The number of nitrogens with zero attached hydrogens (tertiary/aromatic N) is 1. The summed E-state index contributed by atoms with van der Waals surface area (Å²) >= 11 is 0. The van der Waals surface area contributed by atoms with Gasteiger partial charge in [-0.05, 0) is 30.7 Å². The molecule has 0 amide bonds.